The third-order valence-electron chi connectivity index (χ3n) is 6.67. The fourth-order valence-corrected chi connectivity index (χ4v) is 4.31. The Kier molecular flexibility index (Phi) is 14.7. The number of imide groups is 1. The largest absolute Gasteiger partial charge is 0.461 e. The summed E-state index contributed by atoms with van der Waals surface area (Å²) in [6.07, 6.45) is 2.81. The van der Waals surface area contributed by atoms with Gasteiger partial charge in [0.1, 0.15) is 6.61 Å². The van der Waals surface area contributed by atoms with Gasteiger partial charge in [-0.3, -0.25) is 33.7 Å². The predicted octanol–water partition coefficient (Wildman–Crippen LogP) is 1.18. The molecule has 0 fully saturated rings. The van der Waals surface area contributed by atoms with Gasteiger partial charge in [-0.1, -0.05) is 26.0 Å². The number of esters is 1. The highest BCUT2D eigenvalue weighted by Crippen LogP contribution is 2.19. The van der Waals surface area contributed by atoms with Gasteiger partial charge in [0.25, 0.3) is 11.8 Å². The molecule has 0 aliphatic carbocycles. The Balaban J connectivity index is 1.94. The van der Waals surface area contributed by atoms with Crippen LogP contribution in [0.2, 0.25) is 0 Å². The van der Waals surface area contributed by atoms with E-state index >= 15 is 0 Å². The van der Waals surface area contributed by atoms with E-state index in [1.807, 2.05) is 0 Å². The number of carbonyl (C=O) groups is 7. The number of hydrogen-bond acceptors (Lipinski definition) is 9. The van der Waals surface area contributed by atoms with Crippen molar-refractivity contribution in [2.24, 2.45) is 17.6 Å². The van der Waals surface area contributed by atoms with E-state index in [1.165, 1.54) is 19.1 Å². The highest BCUT2D eigenvalue weighted by Gasteiger charge is 2.29. The molecule has 1 heterocycles. The molecule has 2 atom stereocenters. The van der Waals surface area contributed by atoms with E-state index in [0.717, 1.165) is 10.5 Å². The topological polar surface area (TPSA) is 203 Å². The molecule has 1 aromatic carbocycles. The number of carbonyl (C=O) groups excluding carboxylic acids is 7. The van der Waals surface area contributed by atoms with Crippen LogP contribution in [-0.4, -0.2) is 78.7 Å². The lowest BCUT2D eigenvalue weighted by Crippen LogP contribution is -2.46. The summed E-state index contributed by atoms with van der Waals surface area (Å²) in [7, 11) is 0. The molecule has 0 unspecified atom stereocenters. The maximum absolute atomic E-state index is 13.4. The van der Waals surface area contributed by atoms with Gasteiger partial charge in [-0.25, -0.2) is 4.79 Å². The monoisotopic (exact) mass is 615 g/mol. The van der Waals surface area contributed by atoms with Gasteiger partial charge in [-0.15, -0.1) is 0 Å². The number of nitrogens with zero attached hydrogens (tertiary/aromatic N) is 1. The van der Waals surface area contributed by atoms with E-state index in [0.29, 0.717) is 12.1 Å². The summed E-state index contributed by atoms with van der Waals surface area (Å²) in [5.74, 6) is -3.42. The molecule has 240 valence electrons. The van der Waals surface area contributed by atoms with E-state index in [9.17, 15) is 33.6 Å². The quantitative estimate of drug-likeness (QED) is 0.100. The Morgan fingerprint density at radius 1 is 0.977 bits per heavy atom. The number of primary amides is 1. The summed E-state index contributed by atoms with van der Waals surface area (Å²) >= 11 is 0. The number of amides is 6. The number of ether oxygens (including phenoxy) is 2. The fraction of sp³-hybridized carbons (Fsp3) is 0.500. The van der Waals surface area contributed by atoms with Gasteiger partial charge in [0.15, 0.2) is 5.78 Å². The minimum Gasteiger partial charge on any atom is -0.461 e. The van der Waals surface area contributed by atoms with Crippen LogP contribution in [0, 0.1) is 11.8 Å². The molecule has 0 saturated carbocycles. The molecule has 44 heavy (non-hydrogen) atoms. The zero-order valence-electron chi connectivity index (χ0n) is 25.3. The van der Waals surface area contributed by atoms with Crippen LogP contribution in [0.25, 0.3) is 0 Å². The van der Waals surface area contributed by atoms with Crippen LogP contribution in [0.1, 0.15) is 52.0 Å². The van der Waals surface area contributed by atoms with Crippen molar-refractivity contribution in [3.05, 3.63) is 42.0 Å². The summed E-state index contributed by atoms with van der Waals surface area (Å²) < 4.78 is 10.4. The fourth-order valence-electron chi connectivity index (χ4n) is 4.31. The first-order chi connectivity index (χ1) is 20.9. The zero-order chi connectivity index (χ0) is 32.6. The van der Waals surface area contributed by atoms with Gasteiger partial charge in [0.05, 0.1) is 25.8 Å². The van der Waals surface area contributed by atoms with Crippen molar-refractivity contribution in [1.82, 2.24) is 15.5 Å². The van der Waals surface area contributed by atoms with Gasteiger partial charge in [-0.2, -0.15) is 0 Å². The van der Waals surface area contributed by atoms with Crippen molar-refractivity contribution in [1.29, 1.82) is 0 Å². The molecule has 14 heteroatoms. The Labute approximate surface area is 256 Å². The molecule has 0 aromatic heterocycles. The van der Waals surface area contributed by atoms with Crippen LogP contribution < -0.4 is 21.7 Å². The Bertz CT molecular complexity index is 1210. The first-order valence-electron chi connectivity index (χ1n) is 14.4. The Morgan fingerprint density at radius 2 is 1.64 bits per heavy atom. The van der Waals surface area contributed by atoms with Crippen LogP contribution in [0.5, 0.6) is 0 Å². The van der Waals surface area contributed by atoms with Gasteiger partial charge in [0.2, 0.25) is 11.8 Å². The van der Waals surface area contributed by atoms with Crippen LogP contribution >= 0.6 is 0 Å². The number of hydrogen-bond donors (Lipinski definition) is 4. The second-order valence-corrected chi connectivity index (χ2v) is 10.6. The highest BCUT2D eigenvalue weighted by atomic mass is 16.5. The highest BCUT2D eigenvalue weighted by molar-refractivity contribution is 6.12. The molecule has 1 aliphatic rings. The second kappa shape index (κ2) is 18.2. The Hall–Kier alpha value is -4.59. The number of benzene rings is 1. The van der Waals surface area contributed by atoms with Crippen LogP contribution in [0.3, 0.4) is 0 Å². The molecular formula is C30H41N5O9. The third kappa shape index (κ3) is 12.7. The molecule has 6 amide bonds. The second-order valence-electron chi connectivity index (χ2n) is 10.6. The van der Waals surface area contributed by atoms with Gasteiger partial charge in [-0.05, 0) is 36.5 Å². The molecular weight excluding hydrogens is 574 g/mol. The van der Waals surface area contributed by atoms with E-state index in [2.05, 4.69) is 16.0 Å². The minimum absolute atomic E-state index is 0.0199. The van der Waals surface area contributed by atoms with Crippen molar-refractivity contribution in [2.75, 3.05) is 31.6 Å². The van der Waals surface area contributed by atoms with E-state index in [1.54, 1.807) is 38.1 Å². The average Bonchev–Trinajstić information content (AvgIpc) is 3.28. The number of Topliss-reactive ketones (excluding diaryl/α,β-unsaturated/α-hetero) is 1. The summed E-state index contributed by atoms with van der Waals surface area (Å²) in [5, 5.41) is 7.99. The van der Waals surface area contributed by atoms with Crippen molar-refractivity contribution < 1.29 is 43.0 Å². The molecule has 1 aliphatic heterocycles. The van der Waals surface area contributed by atoms with Gasteiger partial charge >= 0.3 is 12.0 Å². The lowest BCUT2D eigenvalue weighted by atomic mass is 9.89. The van der Waals surface area contributed by atoms with Crippen molar-refractivity contribution in [3.63, 3.8) is 0 Å². The lowest BCUT2D eigenvalue weighted by molar-refractivity contribution is -0.142. The summed E-state index contributed by atoms with van der Waals surface area (Å²) in [6.45, 7) is 5.34. The molecule has 2 rings (SSSR count). The maximum Gasteiger partial charge on any atom is 0.312 e. The number of urea groups is 1. The van der Waals surface area contributed by atoms with Gasteiger partial charge in [0, 0.05) is 50.1 Å². The molecule has 0 bridgehead atoms. The number of nitrogens with two attached hydrogens (primary N) is 1. The van der Waals surface area contributed by atoms with Crippen molar-refractivity contribution in [2.45, 2.75) is 59.1 Å². The summed E-state index contributed by atoms with van der Waals surface area (Å²) in [4.78, 5) is 85.4. The number of nitrogens with one attached hydrogen (secondary N) is 3. The third-order valence-corrected chi connectivity index (χ3v) is 6.67. The molecule has 14 nitrogen and oxygen atoms in total. The smallest absolute Gasteiger partial charge is 0.312 e. The predicted molar refractivity (Wildman–Crippen MR) is 159 cm³/mol. The first kappa shape index (κ1) is 35.6. The van der Waals surface area contributed by atoms with Crippen molar-refractivity contribution in [3.8, 4) is 0 Å². The van der Waals surface area contributed by atoms with Crippen LogP contribution in [0.4, 0.5) is 10.5 Å². The summed E-state index contributed by atoms with van der Waals surface area (Å²) in [6, 6.07) is 5.16. The molecule has 1 aromatic rings. The standard InChI is InChI=1S/C30H41N5O9/c1-19(2)28(34-25(38)12-15-43-16-14-35-26(39)10-11-27(35)40)24(37)17-22(5-4-13-32-30(31)42)29(41)33-23-8-6-21(7-9-23)18-44-20(3)36/h6-11,19,22,28H,4-5,12-18H2,1-3H3,(H,33,41)(H,34,38)(H3,31,32,42)/t22-,28+/m1/s1. The number of ketones is 1. The molecule has 0 spiro atoms. The molecule has 0 radical (unpaired) electrons. The molecule has 5 N–H and O–H groups in total. The van der Waals surface area contributed by atoms with Crippen molar-refractivity contribution >= 4 is 47.1 Å². The van der Waals surface area contributed by atoms with E-state index < -0.39 is 47.6 Å². The normalized spacial score (nSPS) is 13.9. The Morgan fingerprint density at radius 3 is 2.23 bits per heavy atom. The molecule has 0 saturated heterocycles. The van der Waals surface area contributed by atoms with E-state index in [-0.39, 0.29) is 63.9 Å². The first-order valence-corrected chi connectivity index (χ1v) is 14.4. The lowest BCUT2D eigenvalue weighted by Gasteiger charge is -2.24. The summed E-state index contributed by atoms with van der Waals surface area (Å²) in [5.41, 5.74) is 6.34. The number of anilines is 1. The van der Waals surface area contributed by atoms with Crippen LogP contribution in [-0.2, 0) is 44.8 Å². The van der Waals surface area contributed by atoms with E-state index in [4.69, 9.17) is 15.2 Å². The number of rotatable bonds is 19. The maximum atomic E-state index is 13.4. The SMILES string of the molecule is CC(=O)OCc1ccc(NC(=O)[C@H](CCCNC(N)=O)CC(=O)[C@@H](NC(=O)CCOCCN2C(=O)C=CC2=O)C(C)C)cc1. The minimum atomic E-state index is -0.854. The van der Waals surface area contributed by atoms with Gasteiger partial charge < -0.3 is 31.2 Å². The van der Waals surface area contributed by atoms with Crippen LogP contribution in [0.15, 0.2) is 36.4 Å². The average molecular weight is 616 g/mol. The zero-order valence-corrected chi connectivity index (χ0v) is 25.3.